The Labute approximate surface area is 197 Å². The molecule has 0 aliphatic heterocycles. The number of benzene rings is 3. The maximum atomic E-state index is 13.9. The monoisotopic (exact) mass is 448 g/mol. The number of nitrogens with one attached hydrogen (secondary N) is 1. The number of rotatable bonds is 5. The molecule has 5 heteroatoms. The number of carbonyl (C=O) groups is 1. The summed E-state index contributed by atoms with van der Waals surface area (Å²) < 4.78 is 5.31. The number of pyridine rings is 1. The topological polar surface area (TPSA) is 85.2 Å². The van der Waals surface area contributed by atoms with Gasteiger partial charge in [-0.05, 0) is 53.9 Å². The molecule has 1 aliphatic carbocycles. The summed E-state index contributed by atoms with van der Waals surface area (Å²) in [7, 11) is 1.60. The third-order valence-electron chi connectivity index (χ3n) is 6.31. The lowest BCUT2D eigenvalue weighted by Gasteiger charge is -2.26. The highest BCUT2D eigenvalue weighted by molar-refractivity contribution is 6.43. The molecule has 1 aromatic heterocycles. The molecule has 0 radical (unpaired) electrons. The molecule has 5 rings (SSSR count). The second-order valence-corrected chi connectivity index (χ2v) is 8.22. The molecule has 3 aromatic carbocycles. The molecular formula is C29H24N2O3. The number of methoxy groups -OCH3 is 1. The van der Waals surface area contributed by atoms with Gasteiger partial charge in [0, 0.05) is 33.2 Å². The zero-order chi connectivity index (χ0) is 23.8. The first-order chi connectivity index (χ1) is 16.5. The van der Waals surface area contributed by atoms with E-state index in [2.05, 4.69) is 11.6 Å². The minimum atomic E-state index is -0.115. The molecule has 0 unspecified atom stereocenters. The fourth-order valence-corrected chi connectivity index (χ4v) is 4.66. The van der Waals surface area contributed by atoms with Crippen LogP contribution in [-0.2, 0) is 6.42 Å². The minimum Gasteiger partial charge on any atom is -0.497 e. The second kappa shape index (κ2) is 8.61. The van der Waals surface area contributed by atoms with Gasteiger partial charge in [0.25, 0.3) is 0 Å². The van der Waals surface area contributed by atoms with Crippen LogP contribution in [0.2, 0.25) is 0 Å². The lowest BCUT2D eigenvalue weighted by Crippen LogP contribution is -2.21. The number of aromatic amines is 1. The average molecular weight is 449 g/mol. The van der Waals surface area contributed by atoms with Crippen LogP contribution in [0, 0.1) is 0 Å². The van der Waals surface area contributed by atoms with Gasteiger partial charge in [-0.3, -0.25) is 9.59 Å². The Morgan fingerprint density at radius 3 is 2.26 bits per heavy atom. The van der Waals surface area contributed by atoms with Gasteiger partial charge in [-0.25, -0.2) is 0 Å². The van der Waals surface area contributed by atoms with Crippen molar-refractivity contribution in [1.29, 1.82) is 0 Å². The maximum absolute atomic E-state index is 13.9. The SMILES string of the molecule is C=C1C(c2[nH]c3ccccc3c(=O)c2CCN)=C(c2ccc(OC)cc2)C(=O)c2ccccc21. The zero-order valence-electron chi connectivity index (χ0n) is 18.9. The van der Waals surface area contributed by atoms with Gasteiger partial charge in [0.05, 0.1) is 12.8 Å². The first-order valence-corrected chi connectivity index (χ1v) is 11.1. The van der Waals surface area contributed by atoms with Gasteiger partial charge in [0.2, 0.25) is 0 Å². The van der Waals surface area contributed by atoms with Crippen molar-refractivity contribution in [3.63, 3.8) is 0 Å². The Morgan fingerprint density at radius 2 is 1.56 bits per heavy atom. The summed E-state index contributed by atoms with van der Waals surface area (Å²) >= 11 is 0. The van der Waals surface area contributed by atoms with E-state index < -0.39 is 0 Å². The van der Waals surface area contributed by atoms with Crippen LogP contribution in [-0.4, -0.2) is 24.4 Å². The molecule has 0 bridgehead atoms. The van der Waals surface area contributed by atoms with E-state index in [4.69, 9.17) is 10.5 Å². The van der Waals surface area contributed by atoms with Gasteiger partial charge in [-0.15, -0.1) is 0 Å². The number of fused-ring (bicyclic) bond motifs is 2. The number of carbonyl (C=O) groups excluding carboxylic acids is 1. The van der Waals surface area contributed by atoms with Gasteiger partial charge in [0.15, 0.2) is 11.2 Å². The number of allylic oxidation sites excluding steroid dienone is 3. The highest BCUT2D eigenvalue weighted by Gasteiger charge is 2.32. The predicted octanol–water partition coefficient (Wildman–Crippen LogP) is 4.86. The summed E-state index contributed by atoms with van der Waals surface area (Å²) in [6.07, 6.45) is 0.373. The normalized spacial score (nSPS) is 13.4. The van der Waals surface area contributed by atoms with E-state index in [1.807, 2.05) is 66.7 Å². The van der Waals surface area contributed by atoms with Crippen molar-refractivity contribution in [3.05, 3.63) is 118 Å². The van der Waals surface area contributed by atoms with E-state index in [0.29, 0.717) is 63.2 Å². The number of ether oxygens (including phenoxy) is 1. The van der Waals surface area contributed by atoms with E-state index in [0.717, 1.165) is 11.1 Å². The molecule has 5 nitrogen and oxygen atoms in total. The van der Waals surface area contributed by atoms with Gasteiger partial charge < -0.3 is 15.5 Å². The Morgan fingerprint density at radius 1 is 0.882 bits per heavy atom. The number of H-pyrrole nitrogens is 1. The first kappa shape index (κ1) is 21.6. The lowest BCUT2D eigenvalue weighted by atomic mass is 9.77. The standard InChI is InChI=1S/C29H24N2O3/c1-17-20-7-3-4-8-21(20)29(33)26(18-11-13-19(34-2)14-12-18)25(17)27-23(15-16-30)28(32)22-9-5-6-10-24(22)31-27/h3-14H,1,15-16,30H2,2H3,(H,31,32). The number of Topliss-reactive ketones (excluding diaryl/α,β-unsaturated/α-hetero) is 1. The molecule has 0 saturated heterocycles. The number of hydrogen-bond acceptors (Lipinski definition) is 4. The number of hydrogen-bond donors (Lipinski definition) is 2. The van der Waals surface area contributed by atoms with E-state index >= 15 is 0 Å². The van der Waals surface area contributed by atoms with Crippen molar-refractivity contribution in [1.82, 2.24) is 4.98 Å². The third-order valence-corrected chi connectivity index (χ3v) is 6.31. The summed E-state index contributed by atoms with van der Waals surface area (Å²) in [5, 5.41) is 0.592. The number of aromatic nitrogens is 1. The summed E-state index contributed by atoms with van der Waals surface area (Å²) in [5.74, 6) is 0.576. The van der Waals surface area contributed by atoms with Gasteiger partial charge in [-0.2, -0.15) is 0 Å². The van der Waals surface area contributed by atoms with E-state index in [-0.39, 0.29) is 11.2 Å². The zero-order valence-corrected chi connectivity index (χ0v) is 18.9. The number of ketones is 1. The molecule has 1 aliphatic rings. The summed E-state index contributed by atoms with van der Waals surface area (Å²) in [5.41, 5.74) is 11.5. The van der Waals surface area contributed by atoms with Crippen LogP contribution >= 0.6 is 0 Å². The Kier molecular flexibility index (Phi) is 5.48. The maximum Gasteiger partial charge on any atom is 0.194 e. The molecule has 0 spiro atoms. The second-order valence-electron chi connectivity index (χ2n) is 8.22. The molecule has 3 N–H and O–H groups in total. The van der Waals surface area contributed by atoms with E-state index in [1.54, 1.807) is 13.2 Å². The quantitative estimate of drug-likeness (QED) is 0.457. The van der Waals surface area contributed by atoms with Crippen LogP contribution in [0.1, 0.15) is 32.7 Å². The smallest absolute Gasteiger partial charge is 0.194 e. The third kappa shape index (κ3) is 3.38. The van der Waals surface area contributed by atoms with Crippen LogP contribution in [0.25, 0.3) is 27.6 Å². The van der Waals surface area contributed by atoms with Gasteiger partial charge >= 0.3 is 0 Å². The van der Waals surface area contributed by atoms with Crippen LogP contribution in [0.4, 0.5) is 0 Å². The van der Waals surface area contributed by atoms with Crippen molar-refractivity contribution in [2.24, 2.45) is 5.73 Å². The van der Waals surface area contributed by atoms with Crippen molar-refractivity contribution >= 4 is 33.4 Å². The Bertz CT molecular complexity index is 1540. The predicted molar refractivity (Wildman–Crippen MR) is 137 cm³/mol. The Balaban J connectivity index is 1.89. The highest BCUT2D eigenvalue weighted by atomic mass is 16.5. The number of nitrogens with two attached hydrogens (primary N) is 1. The molecule has 0 saturated carbocycles. The van der Waals surface area contributed by atoms with Crippen LogP contribution in [0.15, 0.2) is 84.2 Å². The Hall–Kier alpha value is -4.22. The lowest BCUT2D eigenvalue weighted by molar-refractivity contribution is 0.105. The molecule has 0 fully saturated rings. The van der Waals surface area contributed by atoms with Crippen LogP contribution in [0.5, 0.6) is 5.75 Å². The van der Waals surface area contributed by atoms with Crippen molar-refractivity contribution < 1.29 is 9.53 Å². The average Bonchev–Trinajstić information content (AvgIpc) is 2.88. The largest absolute Gasteiger partial charge is 0.497 e. The molecule has 34 heavy (non-hydrogen) atoms. The van der Waals surface area contributed by atoms with Gasteiger partial charge in [-0.1, -0.05) is 55.1 Å². The van der Waals surface area contributed by atoms with Gasteiger partial charge in [0.1, 0.15) is 5.75 Å². The summed E-state index contributed by atoms with van der Waals surface area (Å²) in [6.45, 7) is 4.68. The highest BCUT2D eigenvalue weighted by Crippen LogP contribution is 2.44. The summed E-state index contributed by atoms with van der Waals surface area (Å²) in [4.78, 5) is 30.8. The molecule has 168 valence electrons. The molecule has 1 heterocycles. The first-order valence-electron chi connectivity index (χ1n) is 11.1. The van der Waals surface area contributed by atoms with Crippen LogP contribution in [0.3, 0.4) is 0 Å². The fraction of sp³-hybridized carbons (Fsp3) is 0.103. The minimum absolute atomic E-state index is 0.0875. The van der Waals surface area contributed by atoms with Crippen molar-refractivity contribution in [2.45, 2.75) is 6.42 Å². The molecule has 0 amide bonds. The van der Waals surface area contributed by atoms with E-state index in [9.17, 15) is 9.59 Å². The molecule has 4 aromatic rings. The fourth-order valence-electron chi connectivity index (χ4n) is 4.66. The molecular weight excluding hydrogens is 424 g/mol. The number of para-hydroxylation sites is 1. The van der Waals surface area contributed by atoms with E-state index in [1.165, 1.54) is 0 Å². The molecule has 0 atom stereocenters. The van der Waals surface area contributed by atoms with Crippen molar-refractivity contribution in [2.75, 3.05) is 13.7 Å². The van der Waals surface area contributed by atoms with Crippen LogP contribution < -0.4 is 15.9 Å². The van der Waals surface area contributed by atoms with Crippen molar-refractivity contribution in [3.8, 4) is 5.75 Å². The summed E-state index contributed by atoms with van der Waals surface area (Å²) in [6, 6.07) is 22.2.